The molecule has 1 N–H and O–H groups in total. The van der Waals surface area contributed by atoms with E-state index >= 15 is 0 Å². The van der Waals surface area contributed by atoms with Gasteiger partial charge in [-0.15, -0.1) is 0 Å². The van der Waals surface area contributed by atoms with Crippen molar-refractivity contribution in [3.05, 3.63) is 48.0 Å². The summed E-state index contributed by atoms with van der Waals surface area (Å²) in [5.41, 5.74) is -0.430. The Labute approximate surface area is 130 Å². The van der Waals surface area contributed by atoms with Crippen molar-refractivity contribution in [1.29, 1.82) is 0 Å². The van der Waals surface area contributed by atoms with Gasteiger partial charge in [0, 0.05) is 6.42 Å². The Morgan fingerprint density at radius 1 is 1.09 bits per heavy atom. The van der Waals surface area contributed by atoms with Crippen LogP contribution in [0.4, 0.5) is 0 Å². The molecule has 0 aromatic heterocycles. The minimum atomic E-state index is -3.50. The second-order valence-corrected chi connectivity index (χ2v) is 9.07. The van der Waals surface area contributed by atoms with Crippen LogP contribution < -0.4 is 0 Å². The second-order valence-electron chi connectivity index (χ2n) is 6.77. The second kappa shape index (κ2) is 4.66. The highest BCUT2D eigenvalue weighted by Crippen LogP contribution is 2.56. The Kier molecular flexibility index (Phi) is 3.06. The molecule has 1 aromatic rings. The molecule has 1 saturated heterocycles. The molecule has 4 nitrogen and oxygen atoms in total. The van der Waals surface area contributed by atoms with Crippen LogP contribution in [0.3, 0.4) is 0 Å². The van der Waals surface area contributed by atoms with Gasteiger partial charge in [0.1, 0.15) is 4.75 Å². The van der Waals surface area contributed by atoms with Crippen LogP contribution in [0, 0.1) is 0 Å². The van der Waals surface area contributed by atoms with Crippen LogP contribution in [-0.4, -0.2) is 36.1 Å². The Morgan fingerprint density at radius 2 is 1.77 bits per heavy atom. The SMILES string of the molecule is O=S(=O)(Cc1ccccc1)[C@]12CC=CC[C@]1(O)C[C@H]1O[C@H]1C2. The molecular weight excluding hydrogens is 300 g/mol. The number of hydrogen-bond donors (Lipinski definition) is 1. The van der Waals surface area contributed by atoms with Gasteiger partial charge in [0.2, 0.25) is 0 Å². The lowest BCUT2D eigenvalue weighted by molar-refractivity contribution is -0.0266. The summed E-state index contributed by atoms with van der Waals surface area (Å²) in [6.45, 7) is 0. The van der Waals surface area contributed by atoms with Crippen LogP contribution in [-0.2, 0) is 20.3 Å². The summed E-state index contributed by atoms with van der Waals surface area (Å²) in [4.78, 5) is 0. The predicted octanol–water partition coefficient (Wildman–Crippen LogP) is 1.98. The quantitative estimate of drug-likeness (QED) is 0.683. The number of benzene rings is 1. The number of aliphatic hydroxyl groups is 1. The Bertz CT molecular complexity index is 711. The minimum absolute atomic E-state index is 0.00248. The summed E-state index contributed by atoms with van der Waals surface area (Å²) >= 11 is 0. The topological polar surface area (TPSA) is 66.9 Å². The molecule has 0 bridgehead atoms. The van der Waals surface area contributed by atoms with Gasteiger partial charge in [0.05, 0.1) is 23.6 Å². The number of sulfone groups is 1. The van der Waals surface area contributed by atoms with Crippen molar-refractivity contribution in [1.82, 2.24) is 0 Å². The van der Waals surface area contributed by atoms with Crippen molar-refractivity contribution in [2.24, 2.45) is 0 Å². The third kappa shape index (κ3) is 1.99. The van der Waals surface area contributed by atoms with Gasteiger partial charge in [-0.25, -0.2) is 8.42 Å². The van der Waals surface area contributed by atoms with Gasteiger partial charge in [0.15, 0.2) is 9.84 Å². The maximum absolute atomic E-state index is 13.2. The van der Waals surface area contributed by atoms with E-state index in [1.54, 1.807) is 0 Å². The third-order valence-electron chi connectivity index (χ3n) is 5.47. The molecule has 4 rings (SSSR count). The fourth-order valence-corrected chi connectivity index (χ4v) is 6.56. The highest BCUT2D eigenvalue weighted by molar-refractivity contribution is 7.92. The minimum Gasteiger partial charge on any atom is -0.388 e. The van der Waals surface area contributed by atoms with Gasteiger partial charge in [0.25, 0.3) is 0 Å². The van der Waals surface area contributed by atoms with Crippen molar-refractivity contribution in [2.45, 2.75) is 54.0 Å². The van der Waals surface area contributed by atoms with Gasteiger partial charge < -0.3 is 9.84 Å². The van der Waals surface area contributed by atoms with Crippen LogP contribution in [0.15, 0.2) is 42.5 Å². The first-order valence-corrected chi connectivity index (χ1v) is 9.40. The molecule has 1 aliphatic heterocycles. The monoisotopic (exact) mass is 320 g/mol. The number of fused-ring (bicyclic) bond motifs is 2. The van der Waals surface area contributed by atoms with E-state index < -0.39 is 20.2 Å². The molecule has 1 heterocycles. The molecule has 4 atom stereocenters. The first-order chi connectivity index (χ1) is 10.5. The number of epoxide rings is 1. The fourth-order valence-electron chi connectivity index (χ4n) is 4.14. The first kappa shape index (κ1) is 14.4. The van der Waals surface area contributed by atoms with Crippen molar-refractivity contribution in [2.75, 3.05) is 0 Å². The molecule has 0 amide bonds. The van der Waals surface area contributed by atoms with Crippen molar-refractivity contribution in [3.8, 4) is 0 Å². The third-order valence-corrected chi connectivity index (χ3v) is 8.09. The van der Waals surface area contributed by atoms with Crippen molar-refractivity contribution < 1.29 is 18.3 Å². The molecule has 0 unspecified atom stereocenters. The fraction of sp³-hybridized carbons (Fsp3) is 0.529. The summed E-state index contributed by atoms with van der Waals surface area (Å²) in [6.07, 6.45) is 5.45. The summed E-state index contributed by atoms with van der Waals surface area (Å²) in [7, 11) is -3.50. The maximum Gasteiger partial charge on any atom is 0.163 e. The van der Waals surface area contributed by atoms with E-state index in [1.165, 1.54) is 0 Å². The van der Waals surface area contributed by atoms with Gasteiger partial charge in [-0.05, 0) is 24.8 Å². The molecule has 5 heteroatoms. The summed E-state index contributed by atoms with van der Waals surface area (Å²) in [6, 6.07) is 9.21. The lowest BCUT2D eigenvalue weighted by atomic mass is 9.69. The molecule has 2 fully saturated rings. The molecule has 118 valence electrons. The zero-order chi connectivity index (χ0) is 15.4. The average Bonchev–Trinajstić information content (AvgIpc) is 3.21. The van der Waals surface area contributed by atoms with Crippen molar-refractivity contribution in [3.63, 3.8) is 0 Å². The highest BCUT2D eigenvalue weighted by atomic mass is 32.2. The number of ether oxygens (including phenoxy) is 1. The van der Waals surface area contributed by atoms with Crippen molar-refractivity contribution >= 4 is 9.84 Å². The van der Waals surface area contributed by atoms with Gasteiger partial charge in [-0.1, -0.05) is 42.5 Å². The molecular formula is C17H20O4S. The Morgan fingerprint density at radius 3 is 2.55 bits per heavy atom. The summed E-state index contributed by atoms with van der Waals surface area (Å²) in [5.74, 6) is -0.0264. The normalized spacial score (nSPS) is 39.9. The van der Waals surface area contributed by atoms with Gasteiger partial charge in [-0.2, -0.15) is 0 Å². The molecule has 3 aliphatic rings. The Balaban J connectivity index is 1.75. The number of rotatable bonds is 3. The van der Waals surface area contributed by atoms with E-state index in [1.807, 2.05) is 42.5 Å². The van der Waals surface area contributed by atoms with E-state index in [2.05, 4.69) is 0 Å². The first-order valence-electron chi connectivity index (χ1n) is 7.75. The maximum atomic E-state index is 13.2. The number of hydrogen-bond acceptors (Lipinski definition) is 4. The van der Waals surface area contributed by atoms with Gasteiger partial charge >= 0.3 is 0 Å². The lowest BCUT2D eigenvalue weighted by Gasteiger charge is -2.49. The molecule has 0 radical (unpaired) electrons. The smallest absolute Gasteiger partial charge is 0.163 e. The largest absolute Gasteiger partial charge is 0.388 e. The van der Waals surface area contributed by atoms with E-state index in [4.69, 9.17) is 4.74 Å². The highest BCUT2D eigenvalue weighted by Gasteiger charge is 2.67. The molecule has 1 saturated carbocycles. The zero-order valence-corrected chi connectivity index (χ0v) is 13.1. The van der Waals surface area contributed by atoms with Crippen LogP contribution in [0.5, 0.6) is 0 Å². The summed E-state index contributed by atoms with van der Waals surface area (Å²) in [5, 5.41) is 11.1. The standard InChI is InChI=1S/C17H20O4S/c18-16-8-4-5-9-17(16,11-15-14(10-16)21-15)22(19,20)12-13-6-2-1-3-7-13/h1-7,14-15,18H,8-12H2/t14-,15+,16+,17+/m1/s1. The molecule has 0 spiro atoms. The zero-order valence-electron chi connectivity index (χ0n) is 12.3. The van der Waals surface area contributed by atoms with E-state index in [0.717, 1.165) is 5.56 Å². The Hall–Kier alpha value is -1.17. The van der Waals surface area contributed by atoms with Crippen LogP contribution in [0.2, 0.25) is 0 Å². The molecule has 2 aliphatic carbocycles. The number of allylic oxidation sites excluding steroid dienone is 1. The molecule has 1 aromatic carbocycles. The lowest BCUT2D eigenvalue weighted by Crippen LogP contribution is -2.63. The summed E-state index contributed by atoms with van der Waals surface area (Å²) < 4.78 is 30.9. The van der Waals surface area contributed by atoms with E-state index in [0.29, 0.717) is 25.7 Å². The average molecular weight is 320 g/mol. The van der Waals surface area contributed by atoms with Gasteiger partial charge in [-0.3, -0.25) is 0 Å². The van der Waals surface area contributed by atoms with Crippen LogP contribution >= 0.6 is 0 Å². The van der Waals surface area contributed by atoms with E-state index in [9.17, 15) is 13.5 Å². The van der Waals surface area contributed by atoms with Crippen LogP contribution in [0.25, 0.3) is 0 Å². The predicted molar refractivity (Wildman–Crippen MR) is 83.0 cm³/mol. The van der Waals surface area contributed by atoms with Crippen LogP contribution in [0.1, 0.15) is 31.2 Å². The molecule has 22 heavy (non-hydrogen) atoms. The van der Waals surface area contributed by atoms with E-state index in [-0.39, 0.29) is 18.0 Å².